The number of hydrogen-bond acceptors (Lipinski definition) is 6. The fraction of sp³-hybridized carbons (Fsp3) is 0.560. The quantitative estimate of drug-likeness (QED) is 0.129. The Morgan fingerprint density at radius 3 is 2.48 bits per heavy atom. The highest BCUT2D eigenvalue weighted by Crippen LogP contribution is 2.35. The minimum Gasteiger partial charge on any atom is -0.465 e. The maximum absolute atomic E-state index is 13.5. The second-order valence-corrected chi connectivity index (χ2v) is 9.38. The number of benzene rings is 1. The number of aromatic nitrogens is 2. The van der Waals surface area contributed by atoms with Crippen LogP contribution in [0, 0.1) is 5.41 Å². The summed E-state index contributed by atoms with van der Waals surface area (Å²) < 4.78 is 13.0. The summed E-state index contributed by atoms with van der Waals surface area (Å²) in [7, 11) is 0. The Hall–Kier alpha value is -1.99. The number of unbranched alkanes of at least 4 members (excludes halogenated alkanes) is 2. The topological polar surface area (TPSA) is 70.4 Å². The lowest BCUT2D eigenvalue weighted by Gasteiger charge is -2.28. The minimum absolute atomic E-state index is 0.212. The molecule has 2 aromatic rings. The van der Waals surface area contributed by atoms with E-state index in [4.69, 9.17) is 21.1 Å². The first-order valence-corrected chi connectivity index (χ1v) is 13.1. The third-order valence-corrected chi connectivity index (χ3v) is 7.13. The molecule has 1 aromatic heterocycles. The highest BCUT2D eigenvalue weighted by atomic mass is 35.5. The third kappa shape index (κ3) is 7.00. The van der Waals surface area contributed by atoms with Gasteiger partial charge in [0.15, 0.2) is 10.6 Å². The van der Waals surface area contributed by atoms with E-state index in [1.807, 2.05) is 35.8 Å². The van der Waals surface area contributed by atoms with E-state index in [0.29, 0.717) is 30.3 Å². The molecule has 1 heterocycles. The predicted octanol–water partition coefficient (Wildman–Crippen LogP) is 6.53. The van der Waals surface area contributed by atoms with Crippen molar-refractivity contribution in [1.82, 2.24) is 9.55 Å². The van der Waals surface area contributed by atoms with E-state index < -0.39 is 17.4 Å². The molecule has 33 heavy (non-hydrogen) atoms. The second-order valence-electron chi connectivity index (χ2n) is 7.91. The molecule has 1 aromatic carbocycles. The molecule has 8 heteroatoms. The Bertz CT molecular complexity index is 918. The first-order valence-electron chi connectivity index (χ1n) is 11.7. The van der Waals surface area contributed by atoms with Crippen LogP contribution >= 0.6 is 23.4 Å². The number of carbonyl (C=O) groups is 2. The average Bonchev–Trinajstić information content (AvgIpc) is 3.18. The number of rotatable bonds is 14. The molecule has 1 unspecified atom stereocenters. The van der Waals surface area contributed by atoms with Crippen LogP contribution in [0.15, 0.2) is 35.6 Å². The van der Waals surface area contributed by atoms with Crippen LogP contribution in [-0.2, 0) is 20.9 Å². The molecule has 2 rings (SSSR count). The van der Waals surface area contributed by atoms with Crippen LogP contribution < -0.4 is 4.74 Å². The molecule has 0 fully saturated rings. The summed E-state index contributed by atoms with van der Waals surface area (Å²) in [6.07, 6.45) is 5.89. The van der Waals surface area contributed by atoms with E-state index in [1.165, 1.54) is 0 Å². The molecule has 0 saturated heterocycles. The summed E-state index contributed by atoms with van der Waals surface area (Å²) >= 11 is 7.98. The fourth-order valence-corrected chi connectivity index (χ4v) is 4.59. The van der Waals surface area contributed by atoms with Crippen LogP contribution in [0.2, 0.25) is 5.02 Å². The molecular weight excluding hydrogens is 460 g/mol. The summed E-state index contributed by atoms with van der Waals surface area (Å²) in [5.74, 6) is 0.0699. The molecule has 0 radical (unpaired) electrons. The zero-order valence-electron chi connectivity index (χ0n) is 20.1. The van der Waals surface area contributed by atoms with Gasteiger partial charge in [-0.2, -0.15) is 0 Å². The lowest BCUT2D eigenvalue weighted by Crippen LogP contribution is -2.43. The van der Waals surface area contributed by atoms with Gasteiger partial charge >= 0.3 is 11.9 Å². The number of thioether (sulfide) groups is 1. The SMILES string of the molecule is CCCCCC(CC)(C(=O)OCC)C(=O)Oc1cnc(SCCC)n1Cc1ccccc1Cl. The highest BCUT2D eigenvalue weighted by molar-refractivity contribution is 7.99. The van der Waals surface area contributed by atoms with Crippen molar-refractivity contribution >= 4 is 35.3 Å². The van der Waals surface area contributed by atoms with Crippen LogP contribution in [0.3, 0.4) is 0 Å². The van der Waals surface area contributed by atoms with Crippen molar-refractivity contribution in [1.29, 1.82) is 0 Å². The van der Waals surface area contributed by atoms with E-state index >= 15 is 0 Å². The molecule has 0 bridgehead atoms. The summed E-state index contributed by atoms with van der Waals surface area (Å²) in [6, 6.07) is 7.55. The van der Waals surface area contributed by atoms with Crippen LogP contribution in [-0.4, -0.2) is 33.8 Å². The largest absolute Gasteiger partial charge is 0.465 e. The van der Waals surface area contributed by atoms with Crippen molar-refractivity contribution in [2.45, 2.75) is 77.9 Å². The Kier molecular flexibility index (Phi) is 11.3. The van der Waals surface area contributed by atoms with Crippen molar-refractivity contribution in [2.75, 3.05) is 12.4 Å². The normalized spacial score (nSPS) is 12.9. The number of nitrogens with zero attached hydrogens (tertiary/aromatic N) is 2. The average molecular weight is 495 g/mol. The molecule has 0 saturated carbocycles. The molecule has 0 aliphatic heterocycles. The van der Waals surface area contributed by atoms with E-state index in [2.05, 4.69) is 18.8 Å². The summed E-state index contributed by atoms with van der Waals surface area (Å²) in [5.41, 5.74) is -0.440. The van der Waals surface area contributed by atoms with E-state index in [9.17, 15) is 9.59 Å². The molecule has 0 spiro atoms. The van der Waals surface area contributed by atoms with Gasteiger partial charge in [-0.15, -0.1) is 0 Å². The van der Waals surface area contributed by atoms with Gasteiger partial charge in [0.1, 0.15) is 0 Å². The predicted molar refractivity (Wildman–Crippen MR) is 133 cm³/mol. The maximum atomic E-state index is 13.5. The molecule has 182 valence electrons. The van der Waals surface area contributed by atoms with Gasteiger partial charge < -0.3 is 9.47 Å². The number of carbonyl (C=O) groups excluding carboxylic acids is 2. The first-order chi connectivity index (χ1) is 15.9. The lowest BCUT2D eigenvalue weighted by atomic mass is 9.80. The number of hydrogen-bond donors (Lipinski definition) is 0. The third-order valence-electron chi connectivity index (χ3n) is 5.57. The monoisotopic (exact) mass is 494 g/mol. The number of halogens is 1. The molecule has 0 aliphatic carbocycles. The standard InChI is InChI=1S/C25H35ClN2O4S/c1-5-9-12-15-25(7-3,22(29)31-8-4)23(30)32-21-17-27-24(33-16-6-2)28(21)18-19-13-10-11-14-20(19)26/h10-11,13-14,17H,5-9,12,15-16,18H2,1-4H3. The Morgan fingerprint density at radius 1 is 1.09 bits per heavy atom. The molecule has 0 aliphatic rings. The fourth-order valence-electron chi connectivity index (χ4n) is 3.57. The zero-order chi connectivity index (χ0) is 24.3. The van der Waals surface area contributed by atoms with Gasteiger partial charge in [0.2, 0.25) is 5.88 Å². The van der Waals surface area contributed by atoms with Gasteiger partial charge in [-0.3, -0.25) is 14.2 Å². The van der Waals surface area contributed by atoms with Gasteiger partial charge in [0.25, 0.3) is 0 Å². The molecule has 1 atom stereocenters. The number of esters is 2. The number of ether oxygens (including phenoxy) is 2. The first kappa shape index (κ1) is 27.3. The van der Waals surface area contributed by atoms with Crippen LogP contribution in [0.5, 0.6) is 5.88 Å². The smallest absolute Gasteiger partial charge is 0.330 e. The van der Waals surface area contributed by atoms with Crippen molar-refractivity contribution in [3.05, 3.63) is 41.0 Å². The van der Waals surface area contributed by atoms with Crippen molar-refractivity contribution in [3.8, 4) is 5.88 Å². The van der Waals surface area contributed by atoms with E-state index in [-0.39, 0.29) is 6.61 Å². The van der Waals surface area contributed by atoms with Gasteiger partial charge in [0, 0.05) is 10.8 Å². The van der Waals surface area contributed by atoms with Gasteiger partial charge in [-0.05, 0) is 37.8 Å². The maximum Gasteiger partial charge on any atom is 0.330 e. The Labute approximate surface area is 206 Å². The highest BCUT2D eigenvalue weighted by Gasteiger charge is 2.47. The summed E-state index contributed by atoms with van der Waals surface area (Å²) in [6.45, 7) is 8.37. The van der Waals surface area contributed by atoms with Crippen LogP contribution in [0.1, 0.15) is 71.8 Å². The van der Waals surface area contributed by atoms with Gasteiger partial charge in [-0.25, -0.2) is 4.98 Å². The van der Waals surface area contributed by atoms with Crippen molar-refractivity contribution in [3.63, 3.8) is 0 Å². The summed E-state index contributed by atoms with van der Waals surface area (Å²) in [5, 5.41) is 1.37. The van der Waals surface area contributed by atoms with Gasteiger partial charge in [-0.1, -0.05) is 81.6 Å². The Morgan fingerprint density at radius 2 is 1.85 bits per heavy atom. The minimum atomic E-state index is -1.33. The molecule has 0 N–H and O–H groups in total. The Balaban J connectivity index is 2.39. The van der Waals surface area contributed by atoms with E-state index in [0.717, 1.165) is 42.2 Å². The zero-order valence-corrected chi connectivity index (χ0v) is 21.6. The second kappa shape index (κ2) is 13.7. The lowest BCUT2D eigenvalue weighted by molar-refractivity contribution is -0.168. The molecule has 6 nitrogen and oxygen atoms in total. The van der Waals surface area contributed by atoms with Crippen LogP contribution in [0.4, 0.5) is 0 Å². The van der Waals surface area contributed by atoms with Crippen molar-refractivity contribution < 1.29 is 19.1 Å². The van der Waals surface area contributed by atoms with Crippen molar-refractivity contribution in [2.24, 2.45) is 5.41 Å². The molecular formula is C25H35ClN2O4S. The summed E-state index contributed by atoms with van der Waals surface area (Å²) in [4.78, 5) is 30.9. The number of imidazole rings is 1. The molecule has 0 amide bonds. The van der Waals surface area contributed by atoms with Crippen LogP contribution in [0.25, 0.3) is 0 Å². The van der Waals surface area contributed by atoms with E-state index in [1.54, 1.807) is 24.9 Å². The van der Waals surface area contributed by atoms with Gasteiger partial charge in [0.05, 0.1) is 19.3 Å².